The number of hydrogen-bond acceptors (Lipinski definition) is 1. The van der Waals surface area contributed by atoms with E-state index < -0.39 is 0 Å². The van der Waals surface area contributed by atoms with E-state index in [2.05, 4.69) is 39.8 Å². The molecule has 1 N–H and O–H groups in total. The summed E-state index contributed by atoms with van der Waals surface area (Å²) < 4.78 is 0. The first-order valence-corrected chi connectivity index (χ1v) is 6.45. The third kappa shape index (κ3) is 2.10. The van der Waals surface area contributed by atoms with Crippen LogP contribution >= 0.6 is 0 Å². The maximum Gasteiger partial charge on any atom is 0.0750 e. The zero-order valence-corrected chi connectivity index (χ0v) is 11.0. The van der Waals surface area contributed by atoms with Gasteiger partial charge in [0, 0.05) is 0 Å². The zero-order valence-electron chi connectivity index (χ0n) is 11.0. The van der Waals surface area contributed by atoms with Crippen molar-refractivity contribution in [3.8, 4) is 0 Å². The van der Waals surface area contributed by atoms with Crippen LogP contribution in [0.15, 0.2) is 23.3 Å². The second kappa shape index (κ2) is 4.03. The molecule has 0 aromatic carbocycles. The van der Waals surface area contributed by atoms with E-state index in [1.807, 2.05) is 0 Å². The molecule has 90 valence electrons. The Labute approximate surface area is 99.3 Å². The molecule has 0 aromatic rings. The Balaban J connectivity index is 2.19. The molecule has 1 nitrogen and oxygen atoms in total. The van der Waals surface area contributed by atoms with Crippen LogP contribution in [0.25, 0.3) is 0 Å². The van der Waals surface area contributed by atoms with Gasteiger partial charge in [0.25, 0.3) is 0 Å². The molecule has 0 aliphatic heterocycles. The second-order valence-electron chi connectivity index (χ2n) is 6.20. The quantitative estimate of drug-likeness (QED) is 0.617. The lowest BCUT2D eigenvalue weighted by Gasteiger charge is -2.13. The Morgan fingerprint density at radius 1 is 1.31 bits per heavy atom. The molecule has 1 saturated carbocycles. The Hall–Kier alpha value is -0.560. The van der Waals surface area contributed by atoms with Gasteiger partial charge in [0.05, 0.1) is 6.10 Å². The van der Waals surface area contributed by atoms with Crippen molar-refractivity contribution in [1.29, 1.82) is 0 Å². The number of aliphatic hydroxyl groups excluding tert-OH is 1. The van der Waals surface area contributed by atoms with Crippen molar-refractivity contribution in [2.45, 2.75) is 53.1 Å². The van der Waals surface area contributed by atoms with Crippen LogP contribution in [0.5, 0.6) is 0 Å². The van der Waals surface area contributed by atoms with Crippen LogP contribution in [0, 0.1) is 17.3 Å². The summed E-state index contributed by atoms with van der Waals surface area (Å²) in [7, 11) is 0. The summed E-state index contributed by atoms with van der Waals surface area (Å²) in [5.41, 5.74) is 3.07. The van der Waals surface area contributed by atoms with Gasteiger partial charge < -0.3 is 5.11 Å². The predicted molar refractivity (Wildman–Crippen MR) is 68.1 cm³/mol. The zero-order chi connectivity index (χ0) is 11.9. The first-order chi connectivity index (χ1) is 7.43. The fourth-order valence-corrected chi connectivity index (χ4v) is 3.05. The van der Waals surface area contributed by atoms with Crippen LogP contribution in [0.1, 0.15) is 47.0 Å². The van der Waals surface area contributed by atoms with Crippen LogP contribution < -0.4 is 0 Å². The van der Waals surface area contributed by atoms with Crippen molar-refractivity contribution in [3.63, 3.8) is 0 Å². The van der Waals surface area contributed by atoms with Crippen LogP contribution in [-0.2, 0) is 0 Å². The maximum atomic E-state index is 10.1. The highest BCUT2D eigenvalue weighted by Gasteiger charge is 2.56. The molecule has 1 unspecified atom stereocenters. The van der Waals surface area contributed by atoms with Gasteiger partial charge in [-0.3, -0.25) is 0 Å². The fourth-order valence-electron chi connectivity index (χ4n) is 3.05. The summed E-state index contributed by atoms with van der Waals surface area (Å²) in [6.07, 6.45) is 7.58. The van der Waals surface area contributed by atoms with Crippen molar-refractivity contribution >= 4 is 0 Å². The van der Waals surface area contributed by atoms with Crippen molar-refractivity contribution in [2.24, 2.45) is 17.3 Å². The molecule has 2 rings (SSSR count). The average molecular weight is 220 g/mol. The van der Waals surface area contributed by atoms with Gasteiger partial charge in [-0.2, -0.15) is 0 Å². The molecule has 2 aliphatic carbocycles. The third-order valence-electron chi connectivity index (χ3n) is 4.61. The molecule has 3 atom stereocenters. The summed E-state index contributed by atoms with van der Waals surface area (Å²) in [5, 5.41) is 10.1. The van der Waals surface area contributed by atoms with Crippen LogP contribution in [0.3, 0.4) is 0 Å². The van der Waals surface area contributed by atoms with Crippen molar-refractivity contribution in [3.05, 3.63) is 23.3 Å². The molecule has 2 aliphatic rings. The normalized spacial score (nSPS) is 44.7. The molecule has 0 saturated heterocycles. The van der Waals surface area contributed by atoms with E-state index in [4.69, 9.17) is 0 Å². The smallest absolute Gasteiger partial charge is 0.0750 e. The highest BCUT2D eigenvalue weighted by molar-refractivity contribution is 5.21. The van der Waals surface area contributed by atoms with Crippen LogP contribution in [-0.4, -0.2) is 11.2 Å². The van der Waals surface area contributed by atoms with Crippen molar-refractivity contribution in [1.82, 2.24) is 0 Å². The second-order valence-corrected chi connectivity index (χ2v) is 6.20. The molecular formula is C15H24O. The van der Waals surface area contributed by atoms with Gasteiger partial charge in [0.1, 0.15) is 0 Å². The standard InChI is InChI=1S/C15H24O/c1-10-6-5-7-11(2)14(16)9-13-12(8-10)15(13,3)4/h7-8,12-14,16H,5-6,9H2,1-4H3/b10-8+,11-7+/t12-,13+,14?/m0/s1. The van der Waals surface area contributed by atoms with Gasteiger partial charge in [0.2, 0.25) is 0 Å². The molecule has 1 fully saturated rings. The van der Waals surface area contributed by atoms with Gasteiger partial charge in [-0.25, -0.2) is 0 Å². The van der Waals surface area contributed by atoms with E-state index in [1.54, 1.807) is 0 Å². The van der Waals surface area contributed by atoms with Gasteiger partial charge in [0.15, 0.2) is 0 Å². The number of rotatable bonds is 0. The summed E-state index contributed by atoms with van der Waals surface area (Å²) in [6.45, 7) is 8.97. The number of fused-ring (bicyclic) bond motifs is 1. The Morgan fingerprint density at radius 2 is 2.00 bits per heavy atom. The minimum Gasteiger partial charge on any atom is -0.389 e. The first-order valence-electron chi connectivity index (χ1n) is 6.45. The lowest BCUT2D eigenvalue weighted by atomic mass is 9.99. The van der Waals surface area contributed by atoms with E-state index in [9.17, 15) is 5.11 Å². The molecule has 0 heterocycles. The number of allylic oxidation sites excluding steroid dienone is 3. The summed E-state index contributed by atoms with van der Waals surface area (Å²) in [5.74, 6) is 1.35. The number of aliphatic hydroxyl groups is 1. The SMILES string of the molecule is C/C1=C\[C@H]2[C@@H](CC(O)/C(C)=C/CC1)C2(C)C. The lowest BCUT2D eigenvalue weighted by Crippen LogP contribution is -2.11. The van der Waals surface area contributed by atoms with E-state index in [0.717, 1.165) is 24.8 Å². The average Bonchev–Trinajstić information content (AvgIpc) is 2.68. The Morgan fingerprint density at radius 3 is 2.69 bits per heavy atom. The molecular weight excluding hydrogens is 196 g/mol. The summed E-state index contributed by atoms with van der Waals surface area (Å²) in [4.78, 5) is 0. The van der Waals surface area contributed by atoms with Gasteiger partial charge >= 0.3 is 0 Å². The Bertz CT molecular complexity index is 335. The van der Waals surface area contributed by atoms with Gasteiger partial charge in [-0.1, -0.05) is 31.6 Å². The largest absolute Gasteiger partial charge is 0.389 e. The molecule has 0 radical (unpaired) electrons. The molecule has 1 heteroatoms. The predicted octanol–water partition coefficient (Wildman–Crippen LogP) is 3.70. The van der Waals surface area contributed by atoms with Crippen LogP contribution in [0.2, 0.25) is 0 Å². The number of hydrogen-bond donors (Lipinski definition) is 1. The summed E-state index contributed by atoms with van der Waals surface area (Å²) in [6, 6.07) is 0. The Kier molecular flexibility index (Phi) is 3.00. The highest BCUT2D eigenvalue weighted by atomic mass is 16.3. The highest BCUT2D eigenvalue weighted by Crippen LogP contribution is 2.61. The summed E-state index contributed by atoms with van der Waals surface area (Å²) >= 11 is 0. The van der Waals surface area contributed by atoms with E-state index >= 15 is 0 Å². The molecule has 0 bridgehead atoms. The fraction of sp³-hybridized carbons (Fsp3) is 0.733. The minimum atomic E-state index is -0.221. The lowest BCUT2D eigenvalue weighted by molar-refractivity contribution is 0.186. The molecule has 0 aromatic heterocycles. The molecule has 0 spiro atoms. The molecule has 0 amide bonds. The van der Waals surface area contributed by atoms with E-state index in [1.165, 1.54) is 5.57 Å². The first kappa shape index (κ1) is 11.9. The maximum absolute atomic E-state index is 10.1. The van der Waals surface area contributed by atoms with E-state index in [-0.39, 0.29) is 6.10 Å². The minimum absolute atomic E-state index is 0.221. The molecule has 16 heavy (non-hydrogen) atoms. The van der Waals surface area contributed by atoms with Gasteiger partial charge in [-0.05, 0) is 55.9 Å². The van der Waals surface area contributed by atoms with Crippen LogP contribution in [0.4, 0.5) is 0 Å². The third-order valence-corrected chi connectivity index (χ3v) is 4.61. The topological polar surface area (TPSA) is 20.2 Å². The van der Waals surface area contributed by atoms with Crippen molar-refractivity contribution < 1.29 is 5.11 Å². The van der Waals surface area contributed by atoms with Crippen molar-refractivity contribution in [2.75, 3.05) is 0 Å². The monoisotopic (exact) mass is 220 g/mol. The van der Waals surface area contributed by atoms with E-state index in [0.29, 0.717) is 17.3 Å². The van der Waals surface area contributed by atoms with Gasteiger partial charge in [-0.15, -0.1) is 0 Å².